The number of likely N-dealkylation sites (tertiary alicyclic amines) is 1. The first-order valence-corrected chi connectivity index (χ1v) is 10.5. The first kappa shape index (κ1) is 21.0. The number of nitrogens with one attached hydrogen (secondary N) is 1. The SMILES string of the molecule is COc1ccc(C(=O)N2CCCC(C)C2CNc2ncc(Cl)cn2)c(-n2nccn2)c1. The smallest absolute Gasteiger partial charge is 0.256 e. The molecule has 3 heterocycles. The summed E-state index contributed by atoms with van der Waals surface area (Å²) in [4.78, 5) is 25.4. The zero-order valence-electron chi connectivity index (χ0n) is 17.4. The molecule has 3 aromatic rings. The molecule has 0 saturated carbocycles. The fourth-order valence-corrected chi connectivity index (χ4v) is 3.99. The van der Waals surface area contributed by atoms with Gasteiger partial charge in [-0.1, -0.05) is 18.5 Å². The van der Waals surface area contributed by atoms with Crippen LogP contribution < -0.4 is 10.1 Å². The summed E-state index contributed by atoms with van der Waals surface area (Å²) in [6, 6.07) is 5.31. The number of methoxy groups -OCH3 is 1. The van der Waals surface area contributed by atoms with Gasteiger partial charge in [-0.15, -0.1) is 0 Å². The van der Waals surface area contributed by atoms with E-state index in [4.69, 9.17) is 16.3 Å². The van der Waals surface area contributed by atoms with Gasteiger partial charge < -0.3 is 15.0 Å². The second-order valence-electron chi connectivity index (χ2n) is 7.49. The topological polar surface area (TPSA) is 98.1 Å². The summed E-state index contributed by atoms with van der Waals surface area (Å²) in [5.74, 6) is 1.38. The average molecular weight is 442 g/mol. The number of piperidine rings is 1. The second kappa shape index (κ2) is 9.30. The molecule has 1 aliphatic rings. The number of carbonyl (C=O) groups excluding carboxylic acids is 1. The van der Waals surface area contributed by atoms with Crippen molar-refractivity contribution < 1.29 is 9.53 Å². The molecule has 1 fully saturated rings. The van der Waals surface area contributed by atoms with Gasteiger partial charge in [-0.25, -0.2) is 9.97 Å². The highest BCUT2D eigenvalue weighted by atomic mass is 35.5. The van der Waals surface area contributed by atoms with E-state index in [2.05, 4.69) is 32.4 Å². The predicted octanol–water partition coefficient (Wildman–Crippen LogP) is 3.07. The number of hydrogen-bond donors (Lipinski definition) is 1. The zero-order chi connectivity index (χ0) is 21.8. The summed E-state index contributed by atoms with van der Waals surface area (Å²) < 4.78 is 5.34. The number of ether oxygens (including phenoxy) is 1. The van der Waals surface area contributed by atoms with Crippen molar-refractivity contribution in [1.82, 2.24) is 29.9 Å². The van der Waals surface area contributed by atoms with E-state index >= 15 is 0 Å². The molecule has 1 aromatic carbocycles. The monoisotopic (exact) mass is 441 g/mol. The Balaban J connectivity index is 1.60. The summed E-state index contributed by atoms with van der Waals surface area (Å²) in [6.07, 6.45) is 8.25. The normalized spacial score (nSPS) is 18.6. The lowest BCUT2D eigenvalue weighted by Gasteiger charge is -2.40. The van der Waals surface area contributed by atoms with Gasteiger partial charge in [0.2, 0.25) is 5.95 Å². The predicted molar refractivity (Wildman–Crippen MR) is 117 cm³/mol. The van der Waals surface area contributed by atoms with Crippen molar-refractivity contribution in [2.45, 2.75) is 25.8 Å². The highest BCUT2D eigenvalue weighted by Gasteiger charge is 2.33. The summed E-state index contributed by atoms with van der Waals surface area (Å²) >= 11 is 5.87. The number of hydrogen-bond acceptors (Lipinski definition) is 7. The fraction of sp³-hybridized carbons (Fsp3) is 0.381. The largest absolute Gasteiger partial charge is 0.497 e. The number of amides is 1. The van der Waals surface area contributed by atoms with Crippen molar-refractivity contribution in [3.05, 3.63) is 53.6 Å². The molecule has 1 aliphatic heterocycles. The maximum Gasteiger partial charge on any atom is 0.256 e. The third-order valence-electron chi connectivity index (χ3n) is 5.54. The van der Waals surface area contributed by atoms with Crippen LogP contribution in [-0.2, 0) is 0 Å². The van der Waals surface area contributed by atoms with E-state index in [1.807, 2.05) is 4.90 Å². The lowest BCUT2D eigenvalue weighted by Crippen LogP contribution is -2.51. The molecule has 31 heavy (non-hydrogen) atoms. The van der Waals surface area contributed by atoms with Gasteiger partial charge in [0.25, 0.3) is 5.91 Å². The van der Waals surface area contributed by atoms with Crippen molar-refractivity contribution in [3.8, 4) is 11.4 Å². The van der Waals surface area contributed by atoms with Crippen molar-refractivity contribution in [1.29, 1.82) is 0 Å². The number of rotatable bonds is 6. The molecule has 1 N–H and O–H groups in total. The van der Waals surface area contributed by atoms with Crippen LogP contribution in [0, 0.1) is 5.92 Å². The quantitative estimate of drug-likeness (QED) is 0.627. The van der Waals surface area contributed by atoms with Crippen LogP contribution in [0.15, 0.2) is 43.0 Å². The van der Waals surface area contributed by atoms with E-state index in [-0.39, 0.29) is 11.9 Å². The van der Waals surface area contributed by atoms with Gasteiger partial charge in [0.05, 0.1) is 48.5 Å². The highest BCUT2D eigenvalue weighted by Crippen LogP contribution is 2.28. The Morgan fingerprint density at radius 1 is 1.26 bits per heavy atom. The van der Waals surface area contributed by atoms with Crippen molar-refractivity contribution in [2.24, 2.45) is 5.92 Å². The van der Waals surface area contributed by atoms with E-state index in [0.29, 0.717) is 47.0 Å². The van der Waals surface area contributed by atoms with E-state index < -0.39 is 0 Å². The molecule has 1 amide bonds. The van der Waals surface area contributed by atoms with Crippen LogP contribution in [0.1, 0.15) is 30.1 Å². The Morgan fingerprint density at radius 3 is 2.71 bits per heavy atom. The minimum Gasteiger partial charge on any atom is -0.497 e. The van der Waals surface area contributed by atoms with Crippen molar-refractivity contribution in [2.75, 3.05) is 25.5 Å². The molecule has 9 nitrogen and oxygen atoms in total. The van der Waals surface area contributed by atoms with Gasteiger partial charge >= 0.3 is 0 Å². The first-order chi connectivity index (χ1) is 15.1. The number of carbonyl (C=O) groups is 1. The zero-order valence-corrected chi connectivity index (χ0v) is 18.2. The molecule has 2 unspecified atom stereocenters. The molecular formula is C21H24ClN7O2. The lowest BCUT2D eigenvalue weighted by molar-refractivity contribution is 0.0539. The number of anilines is 1. The van der Waals surface area contributed by atoms with Crippen molar-refractivity contribution >= 4 is 23.5 Å². The molecule has 162 valence electrons. The summed E-state index contributed by atoms with van der Waals surface area (Å²) in [5.41, 5.74) is 1.11. The average Bonchev–Trinajstić information content (AvgIpc) is 3.33. The van der Waals surface area contributed by atoms with Crippen LogP contribution in [0.5, 0.6) is 5.75 Å². The Morgan fingerprint density at radius 2 is 2.00 bits per heavy atom. The van der Waals surface area contributed by atoms with Gasteiger partial charge in [-0.05, 0) is 30.9 Å². The Kier molecular flexibility index (Phi) is 6.31. The molecule has 1 saturated heterocycles. The van der Waals surface area contributed by atoms with E-state index in [9.17, 15) is 4.79 Å². The van der Waals surface area contributed by atoms with Gasteiger partial charge in [0.15, 0.2) is 0 Å². The molecule has 10 heteroatoms. The van der Waals surface area contributed by atoms with E-state index in [1.54, 1.807) is 50.1 Å². The Bertz CT molecular complexity index is 1030. The summed E-state index contributed by atoms with van der Waals surface area (Å²) in [6.45, 7) is 3.38. The Labute approximate surface area is 185 Å². The molecule has 0 radical (unpaired) electrons. The van der Waals surface area contributed by atoms with Crippen LogP contribution in [0.3, 0.4) is 0 Å². The highest BCUT2D eigenvalue weighted by molar-refractivity contribution is 6.30. The second-order valence-corrected chi connectivity index (χ2v) is 7.93. The number of nitrogens with zero attached hydrogens (tertiary/aromatic N) is 6. The maximum atomic E-state index is 13.7. The third-order valence-corrected chi connectivity index (χ3v) is 5.73. The lowest BCUT2D eigenvalue weighted by atomic mass is 9.90. The standard InChI is InChI=1S/C21H24ClN7O2/c1-14-4-3-9-28(19(14)13-25-21-23-11-15(22)12-24-21)20(30)17-6-5-16(31-2)10-18(17)29-26-7-8-27-29/h5-8,10-12,14,19H,3-4,9,13H2,1-2H3,(H,23,24,25). The molecular weight excluding hydrogens is 418 g/mol. The van der Waals surface area contributed by atoms with Crippen LogP contribution in [-0.4, -0.2) is 62.0 Å². The fourth-order valence-electron chi connectivity index (χ4n) is 3.89. The van der Waals surface area contributed by atoms with E-state index in [1.165, 1.54) is 4.80 Å². The molecule has 4 rings (SSSR count). The van der Waals surface area contributed by atoms with Gasteiger partial charge in [-0.3, -0.25) is 4.79 Å². The number of benzene rings is 1. The number of halogens is 1. The third kappa shape index (κ3) is 4.61. The molecule has 0 bridgehead atoms. The van der Waals surface area contributed by atoms with Crippen molar-refractivity contribution in [3.63, 3.8) is 0 Å². The van der Waals surface area contributed by atoms with Gasteiger partial charge in [-0.2, -0.15) is 15.0 Å². The van der Waals surface area contributed by atoms with Crippen LogP contribution in [0.4, 0.5) is 5.95 Å². The molecule has 0 spiro atoms. The van der Waals surface area contributed by atoms with Crippen LogP contribution in [0.25, 0.3) is 5.69 Å². The van der Waals surface area contributed by atoms with Crippen LogP contribution in [0.2, 0.25) is 5.02 Å². The minimum absolute atomic E-state index is 0.0129. The minimum atomic E-state index is -0.0645. The summed E-state index contributed by atoms with van der Waals surface area (Å²) in [5, 5.41) is 12.1. The van der Waals surface area contributed by atoms with Gasteiger partial charge in [0, 0.05) is 19.2 Å². The molecule has 2 aromatic heterocycles. The molecule has 0 aliphatic carbocycles. The first-order valence-electron chi connectivity index (χ1n) is 10.1. The number of aromatic nitrogens is 5. The Hall–Kier alpha value is -3.20. The van der Waals surface area contributed by atoms with Crippen LogP contribution >= 0.6 is 11.6 Å². The maximum absolute atomic E-state index is 13.7. The molecule has 2 atom stereocenters. The van der Waals surface area contributed by atoms with E-state index in [0.717, 1.165) is 12.8 Å². The summed E-state index contributed by atoms with van der Waals surface area (Å²) in [7, 11) is 1.59. The van der Waals surface area contributed by atoms with Gasteiger partial charge in [0.1, 0.15) is 11.4 Å².